The summed E-state index contributed by atoms with van der Waals surface area (Å²) in [7, 11) is -16.3. The highest BCUT2D eigenvalue weighted by atomic mass is 31.2. The van der Waals surface area contributed by atoms with Crippen LogP contribution < -0.4 is 34.1 Å². The summed E-state index contributed by atoms with van der Waals surface area (Å²) >= 11 is 0. The largest absolute Gasteiger partial charge is 0.472 e. The van der Waals surface area contributed by atoms with Crippen molar-refractivity contribution in [1.82, 2.24) is 38.6 Å². The van der Waals surface area contributed by atoms with E-state index >= 15 is 0 Å². The molecule has 0 aromatic carbocycles. The lowest BCUT2D eigenvalue weighted by Gasteiger charge is -2.26. The number of nitrogen functional groups attached to an aromatic ring is 3. The number of hydrogen-bond donors (Lipinski definition) is 12. The van der Waals surface area contributed by atoms with E-state index in [0.717, 1.165) is 33.9 Å². The highest BCUT2D eigenvalue weighted by Gasteiger charge is 2.53. The number of nitrogens with zero attached hydrogens (tertiary/aromatic N) is 7. The molecule has 0 amide bonds. The van der Waals surface area contributed by atoms with Crippen LogP contribution >= 0.6 is 23.5 Å². The molecule has 15 N–H and O–H groups in total. The number of hydrogen-bond acceptors (Lipinski definition) is 25. The number of aliphatic hydroxyl groups is 4. The molecule has 0 aliphatic carbocycles. The van der Waals surface area contributed by atoms with E-state index < -0.39 is 140 Å². The second-order valence-corrected chi connectivity index (χ2v) is 18.0. The average Bonchev–Trinajstić information content (AvgIpc) is 3.92. The van der Waals surface area contributed by atoms with Crippen LogP contribution in [0.3, 0.4) is 0 Å². The fourth-order valence-electron chi connectivity index (χ4n) is 6.77. The van der Waals surface area contributed by atoms with Crippen LogP contribution in [-0.4, -0.2) is 153 Å². The standard InChI is InChI=1S/C28H38N11O22P3/c29-12-1-3-37(27(45)33-12)23-16(41)15(40)9(57-23)5-55-63(50,51)61-20-11(59-25(18(20)43)39-8-32-14-21(39)35-26(31)36-22(14)44)7-56-64(52,53)60-19-10(6-54-62(47,48)49)58-24(17(19)42)38-4-2-13(30)34-28(38)46/h1-4,8-11,15-20,23-25,40-43H,5-7H2,(H,50,51)(H,52,53)(H2,29,33,45)(H2,30,34,46)(H2,47,48,49)(H3,31,35,36,44)/t9-,10-,11-,15-,16-,17-,18-,19-,20-,23-,24-,25-/m1/s1. The van der Waals surface area contributed by atoms with Gasteiger partial charge in [-0.15, -0.1) is 0 Å². The average molecular weight is 974 g/mol. The van der Waals surface area contributed by atoms with E-state index in [-0.39, 0.29) is 22.8 Å². The maximum atomic E-state index is 13.5. The van der Waals surface area contributed by atoms with Crippen LogP contribution in [0, 0.1) is 0 Å². The first-order chi connectivity index (χ1) is 29.9. The summed E-state index contributed by atoms with van der Waals surface area (Å²) in [5, 5.41) is 43.8. The normalized spacial score (nSPS) is 31.6. The van der Waals surface area contributed by atoms with Gasteiger partial charge in [-0.25, -0.2) is 28.3 Å². The summed E-state index contributed by atoms with van der Waals surface area (Å²) in [6, 6.07) is 2.31. The van der Waals surface area contributed by atoms with E-state index in [9.17, 15) is 68.1 Å². The number of aromatic amines is 1. The minimum Gasteiger partial charge on any atom is -0.387 e. The number of aliphatic hydroxyl groups excluding tert-OH is 4. The highest BCUT2D eigenvalue weighted by Crippen LogP contribution is 2.52. The van der Waals surface area contributed by atoms with Crippen LogP contribution in [0.2, 0.25) is 0 Å². The molecular weight excluding hydrogens is 935 g/mol. The van der Waals surface area contributed by atoms with Crippen molar-refractivity contribution in [3.63, 3.8) is 0 Å². The molecule has 14 atom stereocenters. The van der Waals surface area contributed by atoms with Crippen molar-refractivity contribution in [2.45, 2.75) is 73.6 Å². The van der Waals surface area contributed by atoms with Crippen LogP contribution in [0.15, 0.2) is 45.2 Å². The van der Waals surface area contributed by atoms with Crippen LogP contribution in [0.1, 0.15) is 18.7 Å². The zero-order chi connectivity index (χ0) is 46.6. The Morgan fingerprint density at radius 3 is 1.59 bits per heavy atom. The van der Waals surface area contributed by atoms with Crippen LogP contribution in [0.4, 0.5) is 17.6 Å². The number of ether oxygens (including phenoxy) is 3. The van der Waals surface area contributed by atoms with E-state index in [1.807, 2.05) is 0 Å². The number of phosphoric ester groups is 3. The van der Waals surface area contributed by atoms with Crippen molar-refractivity contribution in [3.05, 3.63) is 62.2 Å². The topological polar surface area (TPSA) is 498 Å². The SMILES string of the molecule is Nc1ccn([C@@H]2O[C@H](COP(=O)(O)O[C@H]3[C@@H](O)[C@H](n4cnc5c(=O)[nH]c(N)nc54)O[C@@H]3COP(=O)(O)O[C@H]3[C@@H](O)[C@H](n4ccc(N)nc4=O)O[C@@H]3COP(=O)(O)O)[C@@H](O)[C@H]2O)c(=O)n1. The predicted molar refractivity (Wildman–Crippen MR) is 203 cm³/mol. The van der Waals surface area contributed by atoms with Crippen molar-refractivity contribution < 1.29 is 90.5 Å². The molecule has 33 nitrogen and oxygen atoms in total. The number of imidazole rings is 1. The van der Waals surface area contributed by atoms with E-state index in [0.29, 0.717) is 4.57 Å². The van der Waals surface area contributed by atoms with Gasteiger partial charge in [0.1, 0.15) is 66.6 Å². The summed E-state index contributed by atoms with van der Waals surface area (Å²) in [6.07, 6.45) is -19.3. The number of fused-ring (bicyclic) bond motifs is 1. The maximum absolute atomic E-state index is 13.5. The van der Waals surface area contributed by atoms with E-state index in [1.165, 1.54) is 6.07 Å². The van der Waals surface area contributed by atoms with Gasteiger partial charge in [0.15, 0.2) is 29.8 Å². The summed E-state index contributed by atoms with van der Waals surface area (Å²) in [5.74, 6) is -0.806. The Kier molecular flexibility index (Phi) is 13.4. The summed E-state index contributed by atoms with van der Waals surface area (Å²) in [6.45, 7) is -3.31. The molecule has 0 bridgehead atoms. The lowest BCUT2D eigenvalue weighted by atomic mass is 10.1. The molecule has 4 aromatic heterocycles. The van der Waals surface area contributed by atoms with E-state index in [4.69, 9.17) is 49.5 Å². The minimum atomic E-state index is -5.57. The Hall–Kier alpha value is -4.44. The van der Waals surface area contributed by atoms with Crippen molar-refractivity contribution in [2.75, 3.05) is 37.0 Å². The first kappa shape index (κ1) is 47.5. The molecule has 3 saturated heterocycles. The molecule has 0 saturated carbocycles. The number of nitrogens with one attached hydrogen (secondary N) is 1. The number of anilines is 3. The van der Waals surface area contributed by atoms with Crippen LogP contribution in [0.25, 0.3) is 11.2 Å². The third-order valence-corrected chi connectivity index (χ3v) is 12.1. The Balaban J connectivity index is 1.10. The van der Waals surface area contributed by atoms with Gasteiger partial charge >= 0.3 is 34.8 Å². The number of H-pyrrole nitrogens is 1. The Morgan fingerprint density at radius 1 is 0.641 bits per heavy atom. The molecule has 3 aliphatic heterocycles. The van der Waals surface area contributed by atoms with Gasteiger partial charge in [-0.3, -0.25) is 46.1 Å². The number of rotatable bonds is 16. The quantitative estimate of drug-likeness (QED) is 0.0466. The smallest absolute Gasteiger partial charge is 0.387 e. The molecule has 4 aromatic rings. The molecule has 36 heteroatoms. The lowest BCUT2D eigenvalue weighted by Crippen LogP contribution is -2.38. The van der Waals surface area contributed by atoms with Crippen molar-refractivity contribution >= 4 is 52.2 Å². The summed E-state index contributed by atoms with van der Waals surface area (Å²) in [5.41, 5.74) is 13.2. The zero-order valence-corrected chi connectivity index (χ0v) is 34.6. The first-order valence-corrected chi connectivity index (χ1v) is 22.6. The van der Waals surface area contributed by atoms with Crippen molar-refractivity contribution in [3.8, 4) is 0 Å². The monoisotopic (exact) mass is 973 g/mol. The molecule has 2 unspecified atom stereocenters. The second kappa shape index (κ2) is 18.1. The number of aromatic nitrogens is 8. The van der Waals surface area contributed by atoms with Gasteiger partial charge in [0.2, 0.25) is 5.95 Å². The number of nitrogens with two attached hydrogens (primary N) is 3. The molecule has 7 rings (SSSR count). The Morgan fingerprint density at radius 2 is 1.09 bits per heavy atom. The molecule has 64 heavy (non-hydrogen) atoms. The fraction of sp³-hybridized carbons (Fsp3) is 0.536. The molecule has 0 radical (unpaired) electrons. The molecule has 7 heterocycles. The minimum absolute atomic E-state index is 0.163. The lowest BCUT2D eigenvalue weighted by molar-refractivity contribution is -0.0631. The first-order valence-electron chi connectivity index (χ1n) is 18.0. The van der Waals surface area contributed by atoms with Gasteiger partial charge in [0.25, 0.3) is 5.56 Å². The maximum Gasteiger partial charge on any atom is 0.472 e. The molecule has 0 spiro atoms. The highest BCUT2D eigenvalue weighted by molar-refractivity contribution is 7.47. The third-order valence-electron chi connectivity index (χ3n) is 9.65. The predicted octanol–water partition coefficient (Wildman–Crippen LogP) is -5.37. The molecular formula is C28H38N11O22P3. The van der Waals surface area contributed by atoms with Gasteiger partial charge in [-0.05, 0) is 12.1 Å². The fourth-order valence-corrected chi connectivity index (χ4v) is 9.04. The third kappa shape index (κ3) is 10.2. The molecule has 3 aliphatic rings. The summed E-state index contributed by atoms with van der Waals surface area (Å²) in [4.78, 5) is 94.6. The van der Waals surface area contributed by atoms with Crippen molar-refractivity contribution in [2.24, 2.45) is 0 Å². The van der Waals surface area contributed by atoms with Gasteiger partial charge < -0.3 is 71.4 Å². The van der Waals surface area contributed by atoms with Crippen LogP contribution in [0.5, 0.6) is 0 Å². The van der Waals surface area contributed by atoms with Gasteiger partial charge in [-0.2, -0.15) is 15.0 Å². The summed E-state index contributed by atoms with van der Waals surface area (Å²) < 4.78 is 82.5. The van der Waals surface area contributed by atoms with Crippen molar-refractivity contribution in [1.29, 1.82) is 0 Å². The Bertz CT molecular complexity index is 2700. The van der Waals surface area contributed by atoms with Gasteiger partial charge in [0, 0.05) is 12.4 Å². The number of phosphoric acid groups is 3. The van der Waals surface area contributed by atoms with E-state index in [1.54, 1.807) is 0 Å². The van der Waals surface area contributed by atoms with Crippen LogP contribution in [-0.2, 0) is 50.5 Å². The second-order valence-electron chi connectivity index (χ2n) is 14.0. The van der Waals surface area contributed by atoms with E-state index in [2.05, 4.69) is 29.4 Å². The van der Waals surface area contributed by atoms with Gasteiger partial charge in [-0.1, -0.05) is 0 Å². The van der Waals surface area contributed by atoms with Gasteiger partial charge in [0.05, 0.1) is 26.1 Å². The zero-order valence-electron chi connectivity index (χ0n) is 31.9. The molecule has 3 fully saturated rings. The Labute approximate surface area is 353 Å². The molecule has 352 valence electrons.